The van der Waals surface area contributed by atoms with E-state index in [9.17, 15) is 18.0 Å². The highest BCUT2D eigenvalue weighted by Gasteiger charge is 2.31. The second kappa shape index (κ2) is 8.28. The van der Waals surface area contributed by atoms with Crippen molar-refractivity contribution < 1.29 is 27.5 Å². The fraction of sp³-hybridized carbons (Fsp3) is 0.438. The second-order valence-electron chi connectivity index (χ2n) is 5.79. The van der Waals surface area contributed by atoms with E-state index in [0.717, 1.165) is 0 Å². The van der Waals surface area contributed by atoms with Crippen LogP contribution >= 0.6 is 0 Å². The van der Waals surface area contributed by atoms with E-state index in [2.05, 4.69) is 15.0 Å². The van der Waals surface area contributed by atoms with Gasteiger partial charge in [-0.25, -0.2) is 13.2 Å². The summed E-state index contributed by atoms with van der Waals surface area (Å²) in [5.74, 6) is -1.13. The number of benzene rings is 1. The van der Waals surface area contributed by atoms with Crippen LogP contribution in [0.1, 0.15) is 19.4 Å². The number of nitrogens with zero attached hydrogens (tertiary/aromatic N) is 1. The molecule has 2 N–H and O–H groups in total. The SMILES string of the molecule is COCC(C)NC(=O)COC(=O)[C@H](C)N=C1NS(=O)(=O)c2ccccc21. The van der Waals surface area contributed by atoms with E-state index in [0.29, 0.717) is 12.2 Å². The number of esters is 1. The van der Waals surface area contributed by atoms with Crippen LogP contribution in [0, 0.1) is 0 Å². The number of nitrogens with one attached hydrogen (secondary N) is 2. The molecule has 1 aromatic rings. The van der Waals surface area contributed by atoms with Crippen molar-refractivity contribution in [2.75, 3.05) is 20.3 Å². The van der Waals surface area contributed by atoms with Crippen LogP contribution in [0.4, 0.5) is 0 Å². The molecule has 1 aromatic carbocycles. The van der Waals surface area contributed by atoms with Crippen molar-refractivity contribution >= 4 is 27.7 Å². The minimum atomic E-state index is -3.68. The van der Waals surface area contributed by atoms with E-state index < -0.39 is 34.5 Å². The molecule has 1 unspecified atom stereocenters. The Balaban J connectivity index is 1.97. The Morgan fingerprint density at radius 2 is 1.96 bits per heavy atom. The highest BCUT2D eigenvalue weighted by Crippen LogP contribution is 2.22. The van der Waals surface area contributed by atoms with E-state index >= 15 is 0 Å². The lowest BCUT2D eigenvalue weighted by atomic mass is 10.2. The largest absolute Gasteiger partial charge is 0.454 e. The standard InChI is InChI=1S/C16H21N3O6S/c1-10(8-24-3)17-14(20)9-25-16(21)11(2)18-15-12-6-4-5-7-13(12)26(22,23)19-15/h4-7,10-11H,8-9H2,1-3H3,(H,17,20)(H,18,19)/t10?,11-/m0/s1. The van der Waals surface area contributed by atoms with Gasteiger partial charge in [0.25, 0.3) is 15.9 Å². The Morgan fingerprint density at radius 1 is 1.27 bits per heavy atom. The summed E-state index contributed by atoms with van der Waals surface area (Å²) in [6.45, 7) is 3.09. The Hall–Kier alpha value is -2.46. The van der Waals surface area contributed by atoms with Crippen LogP contribution in [-0.4, -0.2) is 58.5 Å². The van der Waals surface area contributed by atoms with E-state index in [4.69, 9.17) is 9.47 Å². The molecule has 26 heavy (non-hydrogen) atoms. The fourth-order valence-corrected chi connectivity index (χ4v) is 3.58. The van der Waals surface area contributed by atoms with Gasteiger partial charge in [-0.05, 0) is 26.0 Å². The lowest BCUT2D eigenvalue weighted by molar-refractivity contribution is -0.149. The van der Waals surface area contributed by atoms with Crippen molar-refractivity contribution in [2.24, 2.45) is 4.99 Å². The van der Waals surface area contributed by atoms with Crippen molar-refractivity contribution in [3.05, 3.63) is 29.8 Å². The smallest absolute Gasteiger partial charge is 0.331 e. The maximum absolute atomic E-state index is 12.0. The first-order chi connectivity index (χ1) is 12.2. The van der Waals surface area contributed by atoms with Crippen LogP contribution in [0.2, 0.25) is 0 Å². The van der Waals surface area contributed by atoms with Crippen LogP contribution < -0.4 is 10.0 Å². The third kappa shape index (κ3) is 4.79. The van der Waals surface area contributed by atoms with Crippen LogP contribution in [0.3, 0.4) is 0 Å². The zero-order valence-corrected chi connectivity index (χ0v) is 15.5. The molecule has 1 aliphatic rings. The molecule has 9 nitrogen and oxygen atoms in total. The number of carbonyl (C=O) groups is 2. The number of sulfonamides is 1. The molecule has 0 aromatic heterocycles. The lowest BCUT2D eigenvalue weighted by Gasteiger charge is -2.13. The number of amidine groups is 1. The number of amides is 1. The second-order valence-corrected chi connectivity index (χ2v) is 7.44. The Kier molecular flexibility index (Phi) is 6.32. The van der Waals surface area contributed by atoms with Crippen molar-refractivity contribution in [3.63, 3.8) is 0 Å². The van der Waals surface area contributed by atoms with Gasteiger partial charge in [-0.15, -0.1) is 0 Å². The average molecular weight is 383 g/mol. The van der Waals surface area contributed by atoms with Gasteiger partial charge in [-0.2, -0.15) is 0 Å². The van der Waals surface area contributed by atoms with Gasteiger partial charge in [0.15, 0.2) is 6.61 Å². The van der Waals surface area contributed by atoms with E-state index in [-0.39, 0.29) is 16.8 Å². The van der Waals surface area contributed by atoms with Gasteiger partial charge >= 0.3 is 5.97 Å². The first-order valence-electron chi connectivity index (χ1n) is 7.89. The highest BCUT2D eigenvalue weighted by molar-refractivity contribution is 7.90. The molecule has 0 fully saturated rings. The quantitative estimate of drug-likeness (QED) is 0.629. The van der Waals surface area contributed by atoms with Crippen molar-refractivity contribution in [3.8, 4) is 0 Å². The molecule has 142 valence electrons. The highest BCUT2D eigenvalue weighted by atomic mass is 32.2. The third-order valence-corrected chi connectivity index (χ3v) is 4.89. The predicted molar refractivity (Wildman–Crippen MR) is 93.2 cm³/mol. The van der Waals surface area contributed by atoms with Crippen LogP contribution in [0.5, 0.6) is 0 Å². The summed E-state index contributed by atoms with van der Waals surface area (Å²) in [6, 6.07) is 5.12. The molecule has 0 radical (unpaired) electrons. The van der Waals surface area contributed by atoms with E-state index in [1.165, 1.54) is 20.1 Å². The minimum Gasteiger partial charge on any atom is -0.454 e. The zero-order valence-electron chi connectivity index (χ0n) is 14.7. The van der Waals surface area contributed by atoms with Gasteiger partial charge in [0.2, 0.25) is 0 Å². The van der Waals surface area contributed by atoms with Gasteiger partial charge in [-0.3, -0.25) is 14.5 Å². The monoisotopic (exact) mass is 383 g/mol. The average Bonchev–Trinajstić information content (AvgIpc) is 2.83. The summed E-state index contributed by atoms with van der Waals surface area (Å²) in [5.41, 5.74) is 0.387. The molecule has 1 amide bonds. The van der Waals surface area contributed by atoms with Crippen molar-refractivity contribution in [2.45, 2.75) is 30.8 Å². The maximum atomic E-state index is 12.0. The number of rotatable bonds is 7. The van der Waals surface area contributed by atoms with E-state index in [1.807, 2.05) is 0 Å². The van der Waals surface area contributed by atoms with Crippen LogP contribution in [-0.2, 0) is 29.1 Å². The van der Waals surface area contributed by atoms with Gasteiger partial charge < -0.3 is 14.8 Å². The summed E-state index contributed by atoms with van der Waals surface area (Å²) in [7, 11) is -2.17. The molecular weight excluding hydrogens is 362 g/mol. The van der Waals surface area contributed by atoms with Crippen molar-refractivity contribution in [1.29, 1.82) is 0 Å². The first kappa shape index (κ1) is 19.9. The molecule has 0 aliphatic carbocycles. The van der Waals surface area contributed by atoms with Gasteiger partial charge in [0.05, 0.1) is 11.5 Å². The molecule has 0 saturated heterocycles. The molecule has 2 atom stereocenters. The molecule has 0 saturated carbocycles. The first-order valence-corrected chi connectivity index (χ1v) is 9.38. The summed E-state index contributed by atoms with van der Waals surface area (Å²) in [5, 5.41) is 2.60. The predicted octanol–water partition coefficient (Wildman–Crippen LogP) is -0.192. The molecule has 0 bridgehead atoms. The number of carbonyl (C=O) groups excluding carboxylic acids is 2. The van der Waals surface area contributed by atoms with Crippen LogP contribution in [0.15, 0.2) is 34.2 Å². The normalized spacial score (nSPS) is 18.5. The van der Waals surface area contributed by atoms with Crippen molar-refractivity contribution in [1.82, 2.24) is 10.0 Å². The summed E-state index contributed by atoms with van der Waals surface area (Å²) in [6.07, 6.45) is 0. The molecular formula is C16H21N3O6S. The molecule has 1 aliphatic heterocycles. The molecule has 0 spiro atoms. The number of hydrogen-bond acceptors (Lipinski definition) is 7. The summed E-state index contributed by atoms with van der Waals surface area (Å²) in [4.78, 5) is 27.9. The van der Waals surface area contributed by atoms with Gasteiger partial charge in [0, 0.05) is 18.7 Å². The maximum Gasteiger partial charge on any atom is 0.331 e. The molecule has 2 rings (SSSR count). The Bertz CT molecular complexity index is 821. The zero-order chi connectivity index (χ0) is 19.3. The van der Waals surface area contributed by atoms with Crippen LogP contribution in [0.25, 0.3) is 0 Å². The number of fused-ring (bicyclic) bond motifs is 1. The summed E-state index contributed by atoms with van der Waals surface area (Å²) >= 11 is 0. The summed E-state index contributed by atoms with van der Waals surface area (Å²) < 4.78 is 36.1. The topological polar surface area (TPSA) is 123 Å². The fourth-order valence-electron chi connectivity index (χ4n) is 2.34. The minimum absolute atomic E-state index is 0.0724. The molecule has 10 heteroatoms. The number of ether oxygens (including phenoxy) is 2. The Morgan fingerprint density at radius 3 is 2.65 bits per heavy atom. The lowest BCUT2D eigenvalue weighted by Crippen LogP contribution is -2.39. The Labute approximate surface area is 151 Å². The third-order valence-electron chi connectivity index (χ3n) is 3.50. The number of aliphatic imine (C=N–C) groups is 1. The molecule has 1 heterocycles. The van der Waals surface area contributed by atoms with E-state index in [1.54, 1.807) is 25.1 Å². The number of methoxy groups -OCH3 is 1. The van der Waals surface area contributed by atoms with Gasteiger partial charge in [-0.1, -0.05) is 12.1 Å². The number of hydrogen-bond donors (Lipinski definition) is 2. The van der Waals surface area contributed by atoms with Gasteiger partial charge in [0.1, 0.15) is 11.9 Å².